The Morgan fingerprint density at radius 2 is 1.96 bits per heavy atom. The molecule has 152 valence electrons. The first-order chi connectivity index (χ1) is 12.6. The quantitative estimate of drug-likeness (QED) is 0.685. The van der Waals surface area contributed by atoms with Crippen molar-refractivity contribution in [3.63, 3.8) is 0 Å². The summed E-state index contributed by atoms with van der Waals surface area (Å²) in [6.45, 7) is 4.18. The number of amides is 1. The van der Waals surface area contributed by atoms with Crippen LogP contribution in [0, 0.1) is 5.92 Å². The highest BCUT2D eigenvalue weighted by atomic mass is 32.2. The summed E-state index contributed by atoms with van der Waals surface area (Å²) in [5.41, 5.74) is 0.247. The van der Waals surface area contributed by atoms with E-state index in [2.05, 4.69) is 5.32 Å². The van der Waals surface area contributed by atoms with Crippen LogP contribution >= 0.6 is 0 Å². The Balaban J connectivity index is 2.21. The first kappa shape index (κ1) is 21.6. The molecule has 1 aliphatic rings. The zero-order valence-corrected chi connectivity index (χ0v) is 17.4. The van der Waals surface area contributed by atoms with Gasteiger partial charge in [-0.1, -0.05) is 13.8 Å². The predicted octanol–water partition coefficient (Wildman–Crippen LogP) is 1.49. The fraction of sp³-hybridized carbons (Fsp3) is 0.588. The van der Waals surface area contributed by atoms with Crippen LogP contribution in [0.4, 0.5) is 5.69 Å². The van der Waals surface area contributed by atoms with Crippen LogP contribution in [0.3, 0.4) is 0 Å². The lowest BCUT2D eigenvalue weighted by atomic mass is 10.0. The lowest BCUT2D eigenvalue weighted by Crippen LogP contribution is -2.30. The van der Waals surface area contributed by atoms with Crippen molar-refractivity contribution < 1.29 is 26.4 Å². The zero-order valence-electron chi connectivity index (χ0n) is 15.8. The van der Waals surface area contributed by atoms with Crippen LogP contribution in [0.5, 0.6) is 5.75 Å². The van der Waals surface area contributed by atoms with Gasteiger partial charge in [-0.2, -0.15) is 4.31 Å². The smallest absolute Gasteiger partial charge is 0.243 e. The van der Waals surface area contributed by atoms with E-state index in [1.807, 2.05) is 0 Å². The van der Waals surface area contributed by atoms with Gasteiger partial charge < -0.3 is 10.1 Å². The van der Waals surface area contributed by atoms with Crippen molar-refractivity contribution in [2.24, 2.45) is 5.92 Å². The Labute approximate surface area is 160 Å². The summed E-state index contributed by atoms with van der Waals surface area (Å²) >= 11 is 0. The van der Waals surface area contributed by atoms with E-state index in [-0.39, 0.29) is 40.3 Å². The third kappa shape index (κ3) is 5.20. The molecule has 1 aliphatic heterocycles. The minimum atomic E-state index is -3.68. The van der Waals surface area contributed by atoms with E-state index < -0.39 is 19.9 Å². The van der Waals surface area contributed by atoms with Gasteiger partial charge in [-0.25, -0.2) is 16.8 Å². The molecule has 10 heteroatoms. The summed E-state index contributed by atoms with van der Waals surface area (Å²) in [5, 5.41) is 2.66. The maximum atomic E-state index is 12.7. The number of rotatable bonds is 8. The van der Waals surface area contributed by atoms with Gasteiger partial charge in [-0.3, -0.25) is 4.79 Å². The molecule has 0 radical (unpaired) electrons. The molecule has 1 heterocycles. The number of anilines is 1. The van der Waals surface area contributed by atoms with Crippen LogP contribution in [0.2, 0.25) is 0 Å². The van der Waals surface area contributed by atoms with Crippen LogP contribution in [0.1, 0.15) is 26.7 Å². The average Bonchev–Trinajstić information content (AvgIpc) is 2.93. The molecule has 1 aromatic carbocycles. The second kappa shape index (κ2) is 8.57. The summed E-state index contributed by atoms with van der Waals surface area (Å²) < 4.78 is 55.0. The van der Waals surface area contributed by atoms with E-state index in [4.69, 9.17) is 4.74 Å². The highest BCUT2D eigenvalue weighted by Gasteiger charge is 2.30. The molecule has 0 bridgehead atoms. The van der Waals surface area contributed by atoms with Gasteiger partial charge in [-0.05, 0) is 30.5 Å². The number of nitrogens with zero attached hydrogens (tertiary/aromatic N) is 1. The van der Waals surface area contributed by atoms with Gasteiger partial charge >= 0.3 is 0 Å². The monoisotopic (exact) mass is 418 g/mol. The standard InChI is InChI=1S/C17H26N2O6S2/c1-4-19(5-2)27(23,24)14-6-7-16(25-3)15(11-14)18-17(20)10-13-8-9-26(21,22)12-13/h6-7,11,13H,4-5,8-10,12H2,1-3H3,(H,18,20)/t13-/m0/s1. The molecule has 0 aliphatic carbocycles. The number of hydrogen-bond acceptors (Lipinski definition) is 6. The number of methoxy groups -OCH3 is 1. The first-order valence-corrected chi connectivity index (χ1v) is 12.1. The van der Waals surface area contributed by atoms with Gasteiger partial charge in [0.2, 0.25) is 15.9 Å². The summed E-state index contributed by atoms with van der Waals surface area (Å²) in [6, 6.07) is 4.30. The largest absolute Gasteiger partial charge is 0.495 e. The van der Waals surface area contributed by atoms with E-state index in [9.17, 15) is 21.6 Å². The molecule has 0 unspecified atom stereocenters. The molecular formula is C17H26N2O6S2. The summed E-state index contributed by atoms with van der Waals surface area (Å²) in [4.78, 5) is 12.4. The normalized spacial score (nSPS) is 19.2. The van der Waals surface area contributed by atoms with Gasteiger partial charge in [0.25, 0.3) is 0 Å². The lowest BCUT2D eigenvalue weighted by molar-refractivity contribution is -0.116. The highest BCUT2D eigenvalue weighted by Crippen LogP contribution is 2.30. The number of hydrogen-bond donors (Lipinski definition) is 1. The van der Waals surface area contributed by atoms with Crippen LogP contribution in [0.25, 0.3) is 0 Å². The third-order valence-electron chi connectivity index (χ3n) is 4.59. The predicted molar refractivity (Wildman–Crippen MR) is 103 cm³/mol. The molecule has 1 amide bonds. The zero-order chi connectivity index (χ0) is 20.2. The second-order valence-corrected chi connectivity index (χ2v) is 10.6. The molecule has 1 N–H and O–H groups in total. The SMILES string of the molecule is CCN(CC)S(=O)(=O)c1ccc(OC)c(NC(=O)C[C@@H]2CCS(=O)(=O)C2)c1. The fourth-order valence-electron chi connectivity index (χ4n) is 3.15. The van der Waals surface area contributed by atoms with Gasteiger partial charge in [-0.15, -0.1) is 0 Å². The molecular weight excluding hydrogens is 392 g/mol. The van der Waals surface area contributed by atoms with Gasteiger partial charge in [0.15, 0.2) is 9.84 Å². The molecule has 0 spiro atoms. The number of ether oxygens (including phenoxy) is 1. The number of nitrogens with one attached hydrogen (secondary N) is 1. The van der Waals surface area contributed by atoms with Crippen LogP contribution in [0.15, 0.2) is 23.1 Å². The molecule has 1 fully saturated rings. The average molecular weight is 419 g/mol. The van der Waals surface area contributed by atoms with Crippen LogP contribution < -0.4 is 10.1 Å². The molecule has 0 saturated carbocycles. The number of sulfone groups is 1. The second-order valence-electron chi connectivity index (χ2n) is 6.47. The summed E-state index contributed by atoms with van der Waals surface area (Å²) in [7, 11) is -5.31. The number of carbonyl (C=O) groups is 1. The molecule has 0 aromatic heterocycles. The molecule has 27 heavy (non-hydrogen) atoms. The van der Waals surface area contributed by atoms with Crippen molar-refractivity contribution in [3.05, 3.63) is 18.2 Å². The minimum absolute atomic E-state index is 0.00787. The number of benzene rings is 1. The van der Waals surface area contributed by atoms with E-state index in [1.165, 1.54) is 29.6 Å². The molecule has 2 rings (SSSR count). The van der Waals surface area contributed by atoms with Crippen molar-refractivity contribution in [1.29, 1.82) is 0 Å². The van der Waals surface area contributed by atoms with Crippen LogP contribution in [-0.4, -0.2) is 58.8 Å². The molecule has 1 atom stereocenters. The lowest BCUT2D eigenvalue weighted by Gasteiger charge is -2.20. The highest BCUT2D eigenvalue weighted by molar-refractivity contribution is 7.91. The van der Waals surface area contributed by atoms with Crippen LogP contribution in [-0.2, 0) is 24.7 Å². The Kier molecular flexibility index (Phi) is 6.87. The van der Waals surface area contributed by atoms with Gasteiger partial charge in [0.05, 0.1) is 29.2 Å². The first-order valence-electron chi connectivity index (χ1n) is 8.81. The van der Waals surface area contributed by atoms with Crippen molar-refractivity contribution in [1.82, 2.24) is 4.31 Å². The summed E-state index contributed by atoms with van der Waals surface area (Å²) in [6.07, 6.45) is 0.526. The minimum Gasteiger partial charge on any atom is -0.495 e. The van der Waals surface area contributed by atoms with Crippen molar-refractivity contribution in [2.45, 2.75) is 31.6 Å². The Morgan fingerprint density at radius 1 is 1.30 bits per heavy atom. The van der Waals surface area contributed by atoms with Gasteiger partial charge in [0.1, 0.15) is 5.75 Å². The van der Waals surface area contributed by atoms with E-state index in [0.29, 0.717) is 25.3 Å². The van der Waals surface area contributed by atoms with E-state index >= 15 is 0 Å². The Bertz CT molecular complexity index is 892. The van der Waals surface area contributed by atoms with Crippen molar-refractivity contribution in [3.8, 4) is 5.75 Å². The molecule has 1 saturated heterocycles. The Hall–Kier alpha value is -1.65. The van der Waals surface area contributed by atoms with E-state index in [1.54, 1.807) is 13.8 Å². The summed E-state index contributed by atoms with van der Waals surface area (Å²) in [5.74, 6) is -0.142. The van der Waals surface area contributed by atoms with Crippen molar-refractivity contribution >= 4 is 31.5 Å². The number of carbonyl (C=O) groups excluding carboxylic acids is 1. The van der Waals surface area contributed by atoms with Crippen molar-refractivity contribution in [2.75, 3.05) is 37.0 Å². The topological polar surface area (TPSA) is 110 Å². The number of sulfonamides is 1. The molecule has 1 aromatic rings. The van der Waals surface area contributed by atoms with E-state index in [0.717, 1.165) is 0 Å². The maximum absolute atomic E-state index is 12.7. The van der Waals surface area contributed by atoms with Gasteiger partial charge in [0, 0.05) is 19.5 Å². The molecule has 8 nitrogen and oxygen atoms in total. The fourth-order valence-corrected chi connectivity index (χ4v) is 6.50. The maximum Gasteiger partial charge on any atom is 0.243 e. The Morgan fingerprint density at radius 3 is 2.48 bits per heavy atom. The third-order valence-corrected chi connectivity index (χ3v) is 8.47.